The highest BCUT2D eigenvalue weighted by Gasteiger charge is 2.14. The van der Waals surface area contributed by atoms with Crippen LogP contribution in [0.15, 0.2) is 84.4 Å². The molecule has 0 bridgehead atoms. The number of nitrogens with zero attached hydrogens (tertiary/aromatic N) is 1. The minimum absolute atomic E-state index is 0.258. The van der Waals surface area contributed by atoms with Gasteiger partial charge < -0.3 is 10.6 Å². The number of aryl methyl sites for hydroxylation is 1. The van der Waals surface area contributed by atoms with Gasteiger partial charge >= 0.3 is 0 Å². The molecule has 5 nitrogen and oxygen atoms in total. The van der Waals surface area contributed by atoms with Gasteiger partial charge in [0.25, 0.3) is 11.8 Å². The maximum Gasteiger partial charge on any atom is 0.257 e. The number of nitrogens with one attached hydrogen (secondary N) is 2. The number of benzene rings is 3. The summed E-state index contributed by atoms with van der Waals surface area (Å²) in [4.78, 5) is 29.7. The lowest BCUT2D eigenvalue weighted by molar-refractivity contribution is 0.102. The summed E-state index contributed by atoms with van der Waals surface area (Å²) in [7, 11) is 0. The fourth-order valence-electron chi connectivity index (χ4n) is 3.03. The van der Waals surface area contributed by atoms with E-state index in [2.05, 4.69) is 15.6 Å². The van der Waals surface area contributed by atoms with Crippen LogP contribution in [0.2, 0.25) is 0 Å². The van der Waals surface area contributed by atoms with Crippen LogP contribution < -0.4 is 10.6 Å². The van der Waals surface area contributed by atoms with Gasteiger partial charge in [-0.05, 0) is 55.5 Å². The van der Waals surface area contributed by atoms with Gasteiger partial charge in [-0.15, -0.1) is 11.3 Å². The van der Waals surface area contributed by atoms with Gasteiger partial charge in [0, 0.05) is 28.4 Å². The Morgan fingerprint density at radius 3 is 2.40 bits per heavy atom. The highest BCUT2D eigenvalue weighted by Crippen LogP contribution is 2.24. The summed E-state index contributed by atoms with van der Waals surface area (Å²) < 4.78 is 0. The SMILES string of the molecule is Cc1cccc(C(=O)Nc2ccccc2C(=O)Nc2ccc(-c3nccs3)cc2)c1. The molecule has 0 saturated heterocycles. The maximum absolute atomic E-state index is 12.8. The number of carbonyl (C=O) groups excluding carboxylic acids is 2. The molecule has 0 spiro atoms. The van der Waals surface area contributed by atoms with Crippen LogP contribution in [0, 0.1) is 6.92 Å². The highest BCUT2D eigenvalue weighted by atomic mass is 32.1. The number of hydrogen-bond donors (Lipinski definition) is 2. The molecule has 0 saturated carbocycles. The van der Waals surface area contributed by atoms with Gasteiger partial charge in [-0.25, -0.2) is 4.98 Å². The number of rotatable bonds is 5. The molecule has 1 heterocycles. The smallest absolute Gasteiger partial charge is 0.257 e. The predicted molar refractivity (Wildman–Crippen MR) is 121 cm³/mol. The molecule has 1 aromatic heterocycles. The third-order valence-electron chi connectivity index (χ3n) is 4.52. The van der Waals surface area contributed by atoms with Crippen molar-refractivity contribution in [2.24, 2.45) is 0 Å². The van der Waals surface area contributed by atoms with Crippen LogP contribution in [0.3, 0.4) is 0 Å². The average molecular weight is 414 g/mol. The van der Waals surface area contributed by atoms with Gasteiger partial charge in [0.15, 0.2) is 0 Å². The molecule has 2 N–H and O–H groups in total. The first kappa shape index (κ1) is 19.5. The Balaban J connectivity index is 1.50. The molecule has 4 aromatic rings. The van der Waals surface area contributed by atoms with E-state index in [-0.39, 0.29) is 11.8 Å². The van der Waals surface area contributed by atoms with Crippen molar-refractivity contribution in [3.05, 3.63) is 101 Å². The monoisotopic (exact) mass is 413 g/mol. The lowest BCUT2D eigenvalue weighted by atomic mass is 10.1. The van der Waals surface area contributed by atoms with Crippen molar-refractivity contribution in [2.75, 3.05) is 10.6 Å². The third-order valence-corrected chi connectivity index (χ3v) is 5.34. The van der Waals surface area contributed by atoms with E-state index in [1.165, 1.54) is 0 Å². The number of carbonyl (C=O) groups is 2. The Bertz CT molecular complexity index is 1190. The molecule has 0 aliphatic heterocycles. The number of aromatic nitrogens is 1. The van der Waals surface area contributed by atoms with Crippen molar-refractivity contribution in [3.8, 4) is 10.6 Å². The van der Waals surface area contributed by atoms with Gasteiger partial charge in [0.05, 0.1) is 11.3 Å². The molecule has 0 aliphatic carbocycles. The average Bonchev–Trinajstić information content (AvgIpc) is 3.29. The molecule has 0 radical (unpaired) electrons. The predicted octanol–water partition coefficient (Wildman–Crippen LogP) is 5.62. The minimum Gasteiger partial charge on any atom is -0.322 e. The summed E-state index contributed by atoms with van der Waals surface area (Å²) in [6.07, 6.45) is 1.76. The normalized spacial score (nSPS) is 10.4. The number of thiazole rings is 1. The van der Waals surface area contributed by atoms with Crippen LogP contribution in [0.5, 0.6) is 0 Å². The zero-order valence-corrected chi connectivity index (χ0v) is 17.1. The molecule has 30 heavy (non-hydrogen) atoms. The Morgan fingerprint density at radius 2 is 1.67 bits per heavy atom. The van der Waals surface area contributed by atoms with E-state index in [0.29, 0.717) is 22.5 Å². The Hall–Kier alpha value is -3.77. The quantitative estimate of drug-likeness (QED) is 0.446. The number of anilines is 2. The van der Waals surface area contributed by atoms with Crippen LogP contribution in [0.25, 0.3) is 10.6 Å². The molecule has 148 valence electrons. The highest BCUT2D eigenvalue weighted by molar-refractivity contribution is 7.13. The maximum atomic E-state index is 12.8. The van der Waals surface area contributed by atoms with E-state index in [9.17, 15) is 9.59 Å². The molecule has 3 aromatic carbocycles. The van der Waals surface area contributed by atoms with Crippen molar-refractivity contribution in [3.63, 3.8) is 0 Å². The molecule has 2 amide bonds. The zero-order valence-electron chi connectivity index (χ0n) is 16.3. The minimum atomic E-state index is -0.294. The summed E-state index contributed by atoms with van der Waals surface area (Å²) in [6, 6.07) is 21.8. The third kappa shape index (κ3) is 4.45. The second kappa shape index (κ2) is 8.71. The molecule has 0 fully saturated rings. The number of amides is 2. The van der Waals surface area contributed by atoms with Crippen LogP contribution >= 0.6 is 11.3 Å². The van der Waals surface area contributed by atoms with Crippen LogP contribution in [0.1, 0.15) is 26.3 Å². The molecule has 0 aliphatic rings. The van der Waals surface area contributed by atoms with Crippen molar-refractivity contribution in [1.82, 2.24) is 4.98 Å². The van der Waals surface area contributed by atoms with Crippen molar-refractivity contribution in [2.45, 2.75) is 6.92 Å². The lowest BCUT2D eigenvalue weighted by Gasteiger charge is -2.12. The van der Waals surface area contributed by atoms with E-state index in [4.69, 9.17) is 0 Å². The van der Waals surface area contributed by atoms with E-state index >= 15 is 0 Å². The van der Waals surface area contributed by atoms with E-state index in [1.807, 2.05) is 54.8 Å². The summed E-state index contributed by atoms with van der Waals surface area (Å²) in [6.45, 7) is 1.93. The second-order valence-electron chi connectivity index (χ2n) is 6.74. The fraction of sp³-hybridized carbons (Fsp3) is 0.0417. The van der Waals surface area contributed by atoms with Crippen molar-refractivity contribution in [1.29, 1.82) is 0 Å². The fourth-order valence-corrected chi connectivity index (χ4v) is 3.68. The summed E-state index contributed by atoms with van der Waals surface area (Å²) in [5.74, 6) is -0.552. The Labute approximate surface area is 178 Å². The Morgan fingerprint density at radius 1 is 0.867 bits per heavy atom. The van der Waals surface area contributed by atoms with E-state index in [1.54, 1.807) is 47.9 Å². The Kier molecular flexibility index (Phi) is 5.68. The first-order chi connectivity index (χ1) is 14.6. The van der Waals surface area contributed by atoms with Crippen molar-refractivity contribution < 1.29 is 9.59 Å². The van der Waals surface area contributed by atoms with Crippen LogP contribution in [0.4, 0.5) is 11.4 Å². The summed E-state index contributed by atoms with van der Waals surface area (Å²) in [5, 5.41) is 8.58. The van der Waals surface area contributed by atoms with E-state index < -0.39 is 0 Å². The molecular weight excluding hydrogens is 394 g/mol. The molecule has 0 atom stereocenters. The molecule has 6 heteroatoms. The van der Waals surface area contributed by atoms with Gasteiger partial charge in [-0.2, -0.15) is 0 Å². The lowest BCUT2D eigenvalue weighted by Crippen LogP contribution is -2.18. The van der Waals surface area contributed by atoms with Gasteiger partial charge in [-0.1, -0.05) is 29.8 Å². The van der Waals surface area contributed by atoms with Crippen molar-refractivity contribution >= 4 is 34.5 Å². The standard InChI is InChI=1S/C24H19N3O2S/c1-16-5-4-6-18(15-16)22(28)27-21-8-3-2-7-20(21)23(29)26-19-11-9-17(10-12-19)24-25-13-14-30-24/h2-15H,1H3,(H,26,29)(H,27,28). The summed E-state index contributed by atoms with van der Waals surface area (Å²) >= 11 is 1.56. The van der Waals surface area contributed by atoms with Gasteiger partial charge in [0.1, 0.15) is 5.01 Å². The summed E-state index contributed by atoms with van der Waals surface area (Å²) in [5.41, 5.74) is 4.05. The van der Waals surface area contributed by atoms with Gasteiger partial charge in [0.2, 0.25) is 0 Å². The zero-order chi connectivity index (χ0) is 20.9. The molecular formula is C24H19N3O2S. The first-order valence-electron chi connectivity index (χ1n) is 9.38. The topological polar surface area (TPSA) is 71.1 Å². The number of para-hydroxylation sites is 1. The van der Waals surface area contributed by atoms with Crippen LogP contribution in [-0.4, -0.2) is 16.8 Å². The largest absolute Gasteiger partial charge is 0.322 e. The van der Waals surface area contributed by atoms with E-state index in [0.717, 1.165) is 16.1 Å². The first-order valence-corrected chi connectivity index (χ1v) is 10.3. The van der Waals surface area contributed by atoms with Gasteiger partial charge in [-0.3, -0.25) is 9.59 Å². The second-order valence-corrected chi connectivity index (χ2v) is 7.63. The molecule has 4 rings (SSSR count). The number of hydrogen-bond acceptors (Lipinski definition) is 4. The molecule has 0 unspecified atom stereocenters. The van der Waals surface area contributed by atoms with Crippen LogP contribution in [-0.2, 0) is 0 Å².